The van der Waals surface area contributed by atoms with E-state index < -0.39 is 18.4 Å². The maximum Gasteiger partial charge on any atom is 0.422 e. The highest BCUT2D eigenvalue weighted by molar-refractivity contribution is 5.43. The predicted molar refractivity (Wildman–Crippen MR) is 84.3 cm³/mol. The molecule has 1 aliphatic rings. The molecule has 24 heavy (non-hydrogen) atoms. The minimum Gasteiger partial charge on any atom is -0.490 e. The van der Waals surface area contributed by atoms with Crippen molar-refractivity contribution in [2.24, 2.45) is 0 Å². The molecule has 4 nitrogen and oxygen atoms in total. The van der Waals surface area contributed by atoms with Crippen LogP contribution in [0, 0.1) is 0 Å². The Morgan fingerprint density at radius 3 is 2.50 bits per heavy atom. The molecule has 1 aromatic carbocycles. The topological polar surface area (TPSA) is 50.7 Å². The molecule has 136 valence electrons. The molecule has 0 amide bonds. The molecule has 2 N–H and O–H groups in total. The normalized spacial score (nSPS) is 17.0. The third-order valence-corrected chi connectivity index (χ3v) is 4.02. The Balaban J connectivity index is 1.94. The molecule has 0 heterocycles. The highest BCUT2D eigenvalue weighted by Crippen LogP contribution is 2.31. The number of aliphatic hydroxyl groups is 1. The molecule has 0 bridgehead atoms. The first-order chi connectivity index (χ1) is 11.3. The van der Waals surface area contributed by atoms with Gasteiger partial charge < -0.3 is 19.9 Å². The molecule has 0 unspecified atom stereocenters. The summed E-state index contributed by atoms with van der Waals surface area (Å²) in [4.78, 5) is 0. The second kappa shape index (κ2) is 8.07. The average molecular weight is 347 g/mol. The summed E-state index contributed by atoms with van der Waals surface area (Å²) in [6.07, 6.45) is -0.709. The van der Waals surface area contributed by atoms with E-state index in [9.17, 15) is 18.3 Å². The molecule has 0 aromatic heterocycles. The summed E-state index contributed by atoms with van der Waals surface area (Å²) in [6, 6.07) is 4.85. The highest BCUT2D eigenvalue weighted by atomic mass is 19.4. The molecule has 7 heteroatoms. The standard InChI is InChI=1S/C17H24F3NO3/c1-2-23-15-9-13(5-6-14(15)24-12-17(18,19)20)10-21-11-16(22)7-3-4-8-16/h5-6,9,21-22H,2-4,7-8,10-12H2,1H3. The Labute approximate surface area is 140 Å². The van der Waals surface area contributed by atoms with E-state index >= 15 is 0 Å². The van der Waals surface area contributed by atoms with Gasteiger partial charge in [0.1, 0.15) is 0 Å². The molecule has 0 saturated heterocycles. The summed E-state index contributed by atoms with van der Waals surface area (Å²) in [5, 5.41) is 13.5. The molecule has 0 atom stereocenters. The molecular formula is C17H24F3NO3. The molecule has 1 fully saturated rings. The first-order valence-corrected chi connectivity index (χ1v) is 8.20. The number of benzene rings is 1. The number of alkyl halides is 3. The quantitative estimate of drug-likeness (QED) is 0.757. The SMILES string of the molecule is CCOc1cc(CNCC2(O)CCCC2)ccc1OCC(F)(F)F. The van der Waals surface area contributed by atoms with E-state index in [0.29, 0.717) is 25.4 Å². The third kappa shape index (κ3) is 5.87. The largest absolute Gasteiger partial charge is 0.490 e. The minimum absolute atomic E-state index is 0.0762. The Morgan fingerprint density at radius 2 is 1.88 bits per heavy atom. The van der Waals surface area contributed by atoms with Gasteiger partial charge in [0.15, 0.2) is 18.1 Å². The van der Waals surface area contributed by atoms with Gasteiger partial charge in [-0.05, 0) is 37.5 Å². The summed E-state index contributed by atoms with van der Waals surface area (Å²) in [5.41, 5.74) is 0.220. The predicted octanol–water partition coefficient (Wildman–Crippen LogP) is 3.42. The van der Waals surface area contributed by atoms with Gasteiger partial charge in [0.05, 0.1) is 12.2 Å². The molecule has 1 aromatic rings. The molecular weight excluding hydrogens is 323 g/mol. The van der Waals surface area contributed by atoms with E-state index in [1.54, 1.807) is 19.1 Å². The van der Waals surface area contributed by atoms with E-state index in [1.165, 1.54) is 6.07 Å². The zero-order valence-electron chi connectivity index (χ0n) is 13.8. The van der Waals surface area contributed by atoms with Crippen molar-refractivity contribution in [3.05, 3.63) is 23.8 Å². The Morgan fingerprint density at radius 1 is 1.17 bits per heavy atom. The lowest BCUT2D eigenvalue weighted by Gasteiger charge is -2.22. The van der Waals surface area contributed by atoms with Crippen LogP contribution < -0.4 is 14.8 Å². The van der Waals surface area contributed by atoms with Gasteiger partial charge in [0.2, 0.25) is 0 Å². The van der Waals surface area contributed by atoms with Gasteiger partial charge in [-0.3, -0.25) is 0 Å². The van der Waals surface area contributed by atoms with Crippen LogP contribution in [0.2, 0.25) is 0 Å². The summed E-state index contributed by atoms with van der Waals surface area (Å²) < 4.78 is 47.0. The summed E-state index contributed by atoms with van der Waals surface area (Å²) in [5.74, 6) is 0.368. The number of hydrogen-bond acceptors (Lipinski definition) is 4. The number of ether oxygens (including phenoxy) is 2. The smallest absolute Gasteiger partial charge is 0.422 e. The first-order valence-electron chi connectivity index (χ1n) is 8.20. The molecule has 0 aliphatic heterocycles. The maximum absolute atomic E-state index is 12.3. The molecule has 0 spiro atoms. The fraction of sp³-hybridized carbons (Fsp3) is 0.647. The Bertz CT molecular complexity index is 528. The third-order valence-electron chi connectivity index (χ3n) is 4.02. The number of nitrogens with one attached hydrogen (secondary N) is 1. The lowest BCUT2D eigenvalue weighted by atomic mass is 10.0. The first kappa shape index (κ1) is 18.9. The van der Waals surface area contributed by atoms with E-state index in [0.717, 1.165) is 31.2 Å². The van der Waals surface area contributed by atoms with Gasteiger partial charge in [-0.25, -0.2) is 0 Å². The summed E-state index contributed by atoms with van der Waals surface area (Å²) >= 11 is 0. The lowest BCUT2D eigenvalue weighted by molar-refractivity contribution is -0.153. The van der Waals surface area contributed by atoms with Crippen molar-refractivity contribution in [2.75, 3.05) is 19.8 Å². The van der Waals surface area contributed by atoms with Gasteiger partial charge in [0, 0.05) is 13.1 Å². The van der Waals surface area contributed by atoms with Gasteiger partial charge in [-0.1, -0.05) is 18.9 Å². The van der Waals surface area contributed by atoms with Crippen LogP contribution in [-0.4, -0.2) is 36.6 Å². The van der Waals surface area contributed by atoms with Gasteiger partial charge >= 0.3 is 6.18 Å². The van der Waals surface area contributed by atoms with Crippen molar-refractivity contribution in [2.45, 2.75) is 50.9 Å². The molecule has 1 saturated carbocycles. The van der Waals surface area contributed by atoms with Crippen LogP contribution in [0.5, 0.6) is 11.5 Å². The van der Waals surface area contributed by atoms with Crippen molar-refractivity contribution >= 4 is 0 Å². The number of hydrogen-bond donors (Lipinski definition) is 2. The van der Waals surface area contributed by atoms with Crippen molar-refractivity contribution in [1.82, 2.24) is 5.32 Å². The Hall–Kier alpha value is -1.47. The van der Waals surface area contributed by atoms with Gasteiger partial charge in [-0.2, -0.15) is 13.2 Å². The zero-order valence-corrected chi connectivity index (χ0v) is 13.8. The minimum atomic E-state index is -4.39. The molecule has 1 aliphatic carbocycles. The fourth-order valence-corrected chi connectivity index (χ4v) is 2.86. The van der Waals surface area contributed by atoms with Crippen LogP contribution in [-0.2, 0) is 6.54 Å². The van der Waals surface area contributed by atoms with Gasteiger partial charge in [0.25, 0.3) is 0 Å². The van der Waals surface area contributed by atoms with Gasteiger partial charge in [-0.15, -0.1) is 0 Å². The fourth-order valence-electron chi connectivity index (χ4n) is 2.86. The molecule has 2 rings (SSSR count). The van der Waals surface area contributed by atoms with Crippen molar-refractivity contribution in [1.29, 1.82) is 0 Å². The maximum atomic E-state index is 12.3. The summed E-state index contributed by atoms with van der Waals surface area (Å²) in [6.45, 7) is 1.75. The summed E-state index contributed by atoms with van der Waals surface area (Å²) in [7, 11) is 0. The van der Waals surface area contributed by atoms with Crippen LogP contribution in [0.1, 0.15) is 38.2 Å². The number of halogens is 3. The van der Waals surface area contributed by atoms with E-state index in [-0.39, 0.29) is 5.75 Å². The second-order valence-electron chi connectivity index (χ2n) is 6.15. The number of rotatable bonds is 8. The second-order valence-corrected chi connectivity index (χ2v) is 6.15. The lowest BCUT2D eigenvalue weighted by Crippen LogP contribution is -2.37. The Kier molecular flexibility index (Phi) is 6.34. The van der Waals surface area contributed by atoms with E-state index in [2.05, 4.69) is 5.32 Å². The van der Waals surface area contributed by atoms with Crippen LogP contribution in [0.3, 0.4) is 0 Å². The van der Waals surface area contributed by atoms with Crippen molar-refractivity contribution in [3.8, 4) is 11.5 Å². The van der Waals surface area contributed by atoms with Crippen molar-refractivity contribution < 1.29 is 27.8 Å². The monoisotopic (exact) mass is 347 g/mol. The van der Waals surface area contributed by atoms with E-state index in [4.69, 9.17) is 9.47 Å². The van der Waals surface area contributed by atoms with Crippen LogP contribution >= 0.6 is 0 Å². The van der Waals surface area contributed by atoms with E-state index in [1.807, 2.05) is 0 Å². The van der Waals surface area contributed by atoms with Crippen LogP contribution in [0.25, 0.3) is 0 Å². The average Bonchev–Trinajstić information content (AvgIpc) is 2.93. The van der Waals surface area contributed by atoms with Crippen molar-refractivity contribution in [3.63, 3.8) is 0 Å². The highest BCUT2D eigenvalue weighted by Gasteiger charge is 2.30. The molecule has 0 radical (unpaired) electrons. The van der Waals surface area contributed by atoms with Crippen LogP contribution in [0.15, 0.2) is 18.2 Å². The van der Waals surface area contributed by atoms with Crippen LogP contribution in [0.4, 0.5) is 13.2 Å². The zero-order chi connectivity index (χ0) is 17.6.